The van der Waals surface area contributed by atoms with Gasteiger partial charge in [-0.2, -0.15) is 0 Å². The largest absolute Gasteiger partial charge is 0.497 e. The molecule has 1 rings (SSSR count). The third-order valence-electron chi connectivity index (χ3n) is 1.66. The average Bonchev–Trinajstić information content (AvgIpc) is 2.32. The predicted molar refractivity (Wildman–Crippen MR) is 50.5 cm³/mol. The van der Waals surface area contributed by atoms with E-state index in [0.717, 1.165) is 12.8 Å². The van der Waals surface area contributed by atoms with E-state index in [1.807, 2.05) is 0 Å². The Labute approximate surface area is 83.6 Å². The fourth-order valence-corrected chi connectivity index (χ4v) is 1.13. The van der Waals surface area contributed by atoms with Gasteiger partial charge in [0.05, 0.1) is 13.2 Å². The van der Waals surface area contributed by atoms with Crippen LogP contribution in [0.1, 0.15) is 19.8 Å². The molecule has 0 fully saturated rings. The molecule has 1 heterocycles. The van der Waals surface area contributed by atoms with Crippen LogP contribution < -0.4 is 0 Å². The molecular weight excluding hydrogens is 192 g/mol. The van der Waals surface area contributed by atoms with Crippen molar-refractivity contribution in [3.8, 4) is 0 Å². The maximum atomic E-state index is 5.85. The molecule has 1 aliphatic heterocycles. The molecule has 0 N–H and O–H groups in total. The third kappa shape index (κ3) is 3.98. The van der Waals surface area contributed by atoms with Gasteiger partial charge in [-0.15, -0.1) is 0 Å². The zero-order valence-corrected chi connectivity index (χ0v) is 8.55. The van der Waals surface area contributed by atoms with Crippen molar-refractivity contribution in [1.29, 1.82) is 0 Å². The Morgan fingerprint density at radius 3 is 3.23 bits per heavy atom. The molecular formula is C9H15ClO3. The van der Waals surface area contributed by atoms with Crippen LogP contribution in [-0.2, 0) is 14.2 Å². The Morgan fingerprint density at radius 2 is 2.46 bits per heavy atom. The second-order valence-corrected chi connectivity index (χ2v) is 3.24. The molecule has 4 heteroatoms. The lowest BCUT2D eigenvalue weighted by Crippen LogP contribution is -2.18. The first kappa shape index (κ1) is 10.8. The van der Waals surface area contributed by atoms with Crippen LogP contribution in [0.25, 0.3) is 0 Å². The lowest BCUT2D eigenvalue weighted by atomic mass is 10.4. The van der Waals surface area contributed by atoms with Crippen molar-refractivity contribution in [2.75, 3.05) is 19.8 Å². The van der Waals surface area contributed by atoms with Gasteiger partial charge in [0, 0.05) is 0 Å². The second kappa shape index (κ2) is 6.24. The maximum Gasteiger partial charge on any atom is 0.197 e. The minimum Gasteiger partial charge on any atom is -0.497 e. The van der Waals surface area contributed by atoms with Crippen LogP contribution in [0.5, 0.6) is 0 Å². The Bertz CT molecular complexity index is 170. The highest BCUT2D eigenvalue weighted by Crippen LogP contribution is 2.16. The summed E-state index contributed by atoms with van der Waals surface area (Å²) >= 11 is 5.85. The van der Waals surface area contributed by atoms with Crippen molar-refractivity contribution in [2.24, 2.45) is 0 Å². The van der Waals surface area contributed by atoms with Gasteiger partial charge in [-0.05, 0) is 6.42 Å². The van der Waals surface area contributed by atoms with Crippen molar-refractivity contribution in [2.45, 2.75) is 26.1 Å². The van der Waals surface area contributed by atoms with Gasteiger partial charge < -0.3 is 14.2 Å². The molecule has 0 amide bonds. The highest BCUT2D eigenvalue weighted by atomic mass is 35.5. The van der Waals surface area contributed by atoms with Crippen LogP contribution in [0.2, 0.25) is 0 Å². The van der Waals surface area contributed by atoms with Crippen LogP contribution in [0.3, 0.4) is 0 Å². The highest BCUT2D eigenvalue weighted by molar-refractivity contribution is 6.29. The first-order valence-electron chi connectivity index (χ1n) is 4.55. The van der Waals surface area contributed by atoms with E-state index in [2.05, 4.69) is 6.92 Å². The Kier molecular flexibility index (Phi) is 5.20. The van der Waals surface area contributed by atoms with Crippen molar-refractivity contribution < 1.29 is 14.2 Å². The molecule has 0 saturated carbocycles. The van der Waals surface area contributed by atoms with Crippen LogP contribution in [-0.4, -0.2) is 26.1 Å². The Hall–Kier alpha value is -0.250. The van der Waals surface area contributed by atoms with Gasteiger partial charge in [-0.1, -0.05) is 24.9 Å². The zero-order valence-electron chi connectivity index (χ0n) is 7.79. The molecule has 76 valence electrons. The number of hydrogen-bond acceptors (Lipinski definition) is 3. The maximum absolute atomic E-state index is 5.85. The van der Waals surface area contributed by atoms with E-state index < -0.39 is 6.29 Å². The summed E-state index contributed by atoms with van der Waals surface area (Å²) < 4.78 is 15.8. The summed E-state index contributed by atoms with van der Waals surface area (Å²) in [6.07, 6.45) is 3.18. The van der Waals surface area contributed by atoms with Gasteiger partial charge in [0.25, 0.3) is 0 Å². The fourth-order valence-electron chi connectivity index (χ4n) is 0.939. The number of ether oxygens (including phenoxy) is 3. The van der Waals surface area contributed by atoms with Crippen LogP contribution in [0.4, 0.5) is 0 Å². The Morgan fingerprint density at radius 1 is 1.62 bits per heavy atom. The quantitative estimate of drug-likeness (QED) is 0.661. The summed E-state index contributed by atoms with van der Waals surface area (Å²) in [7, 11) is 0. The molecule has 0 bridgehead atoms. The molecule has 1 aliphatic rings. The van der Waals surface area contributed by atoms with Gasteiger partial charge in [-0.3, -0.25) is 0 Å². The van der Waals surface area contributed by atoms with E-state index in [9.17, 15) is 0 Å². The zero-order chi connectivity index (χ0) is 9.52. The summed E-state index contributed by atoms with van der Waals surface area (Å²) in [5.74, 6) is 0. The second-order valence-electron chi connectivity index (χ2n) is 2.80. The number of hydrogen-bond donors (Lipinski definition) is 0. The van der Waals surface area contributed by atoms with E-state index in [0.29, 0.717) is 24.9 Å². The predicted octanol–water partition coefficient (Wildman–Crippen LogP) is 2.26. The molecule has 0 spiro atoms. The number of rotatable bonds is 4. The van der Waals surface area contributed by atoms with Crippen molar-refractivity contribution in [1.82, 2.24) is 0 Å². The molecule has 1 atom stereocenters. The van der Waals surface area contributed by atoms with E-state index in [1.54, 1.807) is 0 Å². The molecule has 0 radical (unpaired) electrons. The van der Waals surface area contributed by atoms with Crippen LogP contribution in [0.15, 0.2) is 11.3 Å². The van der Waals surface area contributed by atoms with Gasteiger partial charge in [-0.25, -0.2) is 0 Å². The number of halogens is 1. The molecule has 0 aromatic rings. The SMILES string of the molecule is CCCCOC1OCCOC=C1Cl. The standard InChI is InChI=1S/C9H15ClO3/c1-2-3-4-12-9-8(10)7-11-5-6-13-9/h7,9H,2-6H2,1H3. The normalized spacial score (nSPS) is 23.2. The summed E-state index contributed by atoms with van der Waals surface area (Å²) in [6, 6.07) is 0. The van der Waals surface area contributed by atoms with E-state index in [1.165, 1.54) is 6.26 Å². The lowest BCUT2D eigenvalue weighted by Gasteiger charge is -2.14. The third-order valence-corrected chi connectivity index (χ3v) is 1.93. The average molecular weight is 207 g/mol. The highest BCUT2D eigenvalue weighted by Gasteiger charge is 2.16. The minimum absolute atomic E-state index is 0.435. The van der Waals surface area contributed by atoms with E-state index in [4.69, 9.17) is 25.8 Å². The van der Waals surface area contributed by atoms with E-state index in [-0.39, 0.29) is 0 Å². The van der Waals surface area contributed by atoms with E-state index >= 15 is 0 Å². The molecule has 0 aromatic carbocycles. The monoisotopic (exact) mass is 206 g/mol. The molecule has 3 nitrogen and oxygen atoms in total. The van der Waals surface area contributed by atoms with Gasteiger partial charge in [0.2, 0.25) is 0 Å². The molecule has 0 aliphatic carbocycles. The Balaban J connectivity index is 2.28. The smallest absolute Gasteiger partial charge is 0.197 e. The summed E-state index contributed by atoms with van der Waals surface area (Å²) in [5.41, 5.74) is 0. The molecule has 1 unspecified atom stereocenters. The van der Waals surface area contributed by atoms with Crippen molar-refractivity contribution >= 4 is 11.6 Å². The van der Waals surface area contributed by atoms with Gasteiger partial charge >= 0.3 is 0 Å². The molecule has 13 heavy (non-hydrogen) atoms. The van der Waals surface area contributed by atoms with Crippen molar-refractivity contribution in [3.05, 3.63) is 11.3 Å². The van der Waals surface area contributed by atoms with Crippen molar-refractivity contribution in [3.63, 3.8) is 0 Å². The van der Waals surface area contributed by atoms with Gasteiger partial charge in [0.15, 0.2) is 6.29 Å². The summed E-state index contributed by atoms with van der Waals surface area (Å²) in [6.45, 7) is 3.83. The number of unbranched alkanes of at least 4 members (excludes halogenated alkanes) is 1. The first-order valence-corrected chi connectivity index (χ1v) is 4.92. The lowest BCUT2D eigenvalue weighted by molar-refractivity contribution is -0.114. The first-order chi connectivity index (χ1) is 6.34. The van der Waals surface area contributed by atoms with Crippen LogP contribution in [0, 0.1) is 0 Å². The van der Waals surface area contributed by atoms with Crippen LogP contribution >= 0.6 is 11.6 Å². The fraction of sp³-hybridized carbons (Fsp3) is 0.778. The van der Waals surface area contributed by atoms with Gasteiger partial charge in [0.1, 0.15) is 17.9 Å². The topological polar surface area (TPSA) is 27.7 Å². The molecule has 0 saturated heterocycles. The summed E-state index contributed by atoms with van der Waals surface area (Å²) in [5, 5.41) is 0.480. The molecule has 0 aromatic heterocycles. The summed E-state index contributed by atoms with van der Waals surface area (Å²) in [4.78, 5) is 0. The minimum atomic E-state index is -0.435.